The standard InChI is InChI=1S/C12H12F4N2O2/c1-6-5-7(9(19)17-2)3-4-8(6)18-11(20)12(15,16)10(13)14/h3-5,10H,1-2H3,(H,17,19)(H,18,20). The average molecular weight is 292 g/mol. The Morgan fingerprint density at radius 1 is 1.25 bits per heavy atom. The molecule has 0 heterocycles. The molecule has 20 heavy (non-hydrogen) atoms. The van der Waals surface area contributed by atoms with E-state index >= 15 is 0 Å². The lowest BCUT2D eigenvalue weighted by Crippen LogP contribution is -2.41. The molecule has 0 fully saturated rings. The minimum Gasteiger partial charge on any atom is -0.355 e. The highest BCUT2D eigenvalue weighted by atomic mass is 19.3. The van der Waals surface area contributed by atoms with E-state index in [9.17, 15) is 27.2 Å². The van der Waals surface area contributed by atoms with Gasteiger partial charge in [-0.15, -0.1) is 0 Å². The number of amides is 2. The first-order valence-corrected chi connectivity index (χ1v) is 5.50. The van der Waals surface area contributed by atoms with Crippen molar-refractivity contribution < 1.29 is 27.2 Å². The van der Waals surface area contributed by atoms with E-state index in [0.29, 0.717) is 5.56 Å². The van der Waals surface area contributed by atoms with E-state index < -0.39 is 24.2 Å². The summed E-state index contributed by atoms with van der Waals surface area (Å²) in [6.07, 6.45) is -4.09. The van der Waals surface area contributed by atoms with E-state index in [1.165, 1.54) is 32.2 Å². The highest BCUT2D eigenvalue weighted by Crippen LogP contribution is 2.26. The Morgan fingerprint density at radius 3 is 2.30 bits per heavy atom. The molecule has 0 aliphatic heterocycles. The first-order valence-electron chi connectivity index (χ1n) is 5.50. The number of hydrogen-bond acceptors (Lipinski definition) is 2. The van der Waals surface area contributed by atoms with Crippen molar-refractivity contribution >= 4 is 17.5 Å². The predicted octanol–water partition coefficient (Wildman–Crippen LogP) is 2.19. The molecule has 2 N–H and O–H groups in total. The third-order valence-corrected chi connectivity index (χ3v) is 2.54. The van der Waals surface area contributed by atoms with E-state index in [-0.39, 0.29) is 11.3 Å². The fourth-order valence-corrected chi connectivity index (χ4v) is 1.39. The van der Waals surface area contributed by atoms with Crippen LogP contribution in [0.25, 0.3) is 0 Å². The molecule has 0 aliphatic rings. The SMILES string of the molecule is CNC(=O)c1ccc(NC(=O)C(F)(F)C(F)F)c(C)c1. The van der Waals surface area contributed by atoms with E-state index in [4.69, 9.17) is 0 Å². The molecule has 0 atom stereocenters. The quantitative estimate of drug-likeness (QED) is 0.836. The topological polar surface area (TPSA) is 58.2 Å². The molecule has 0 aliphatic carbocycles. The number of carbonyl (C=O) groups is 2. The zero-order valence-corrected chi connectivity index (χ0v) is 10.6. The monoisotopic (exact) mass is 292 g/mol. The largest absolute Gasteiger partial charge is 0.383 e. The number of anilines is 1. The number of hydrogen-bond donors (Lipinski definition) is 2. The van der Waals surface area contributed by atoms with Crippen LogP contribution in [0.1, 0.15) is 15.9 Å². The van der Waals surface area contributed by atoms with Crippen molar-refractivity contribution in [3.63, 3.8) is 0 Å². The Morgan fingerprint density at radius 2 is 1.85 bits per heavy atom. The number of halogens is 4. The fourth-order valence-electron chi connectivity index (χ4n) is 1.39. The van der Waals surface area contributed by atoms with Gasteiger partial charge in [0.2, 0.25) is 0 Å². The van der Waals surface area contributed by atoms with Crippen molar-refractivity contribution in [2.24, 2.45) is 0 Å². The van der Waals surface area contributed by atoms with E-state index in [2.05, 4.69) is 5.32 Å². The van der Waals surface area contributed by atoms with Gasteiger partial charge in [-0.2, -0.15) is 8.78 Å². The molecule has 0 spiro atoms. The maximum absolute atomic E-state index is 12.8. The van der Waals surface area contributed by atoms with Gasteiger partial charge >= 0.3 is 18.3 Å². The Hall–Kier alpha value is -2.12. The number of aryl methyl sites for hydroxylation is 1. The van der Waals surface area contributed by atoms with Gasteiger partial charge in [0.25, 0.3) is 5.91 Å². The van der Waals surface area contributed by atoms with E-state index in [1.54, 1.807) is 5.32 Å². The summed E-state index contributed by atoms with van der Waals surface area (Å²) in [5.74, 6) is -7.27. The molecule has 8 heteroatoms. The molecule has 1 aromatic carbocycles. The fraction of sp³-hybridized carbons (Fsp3) is 0.333. The van der Waals surface area contributed by atoms with Gasteiger partial charge in [0.15, 0.2) is 0 Å². The van der Waals surface area contributed by atoms with E-state index in [1.807, 2.05) is 0 Å². The lowest BCUT2D eigenvalue weighted by Gasteiger charge is -2.16. The number of benzene rings is 1. The Balaban J connectivity index is 2.95. The summed E-state index contributed by atoms with van der Waals surface area (Å²) in [6, 6.07) is 3.82. The van der Waals surface area contributed by atoms with Crippen LogP contribution >= 0.6 is 0 Å². The van der Waals surface area contributed by atoms with Gasteiger partial charge in [-0.05, 0) is 30.7 Å². The summed E-state index contributed by atoms with van der Waals surface area (Å²) in [7, 11) is 1.41. The minimum absolute atomic E-state index is 0.0667. The Labute approximate surface area is 112 Å². The van der Waals surface area contributed by atoms with Crippen LogP contribution in [0.3, 0.4) is 0 Å². The third kappa shape index (κ3) is 3.25. The second-order valence-corrected chi connectivity index (χ2v) is 3.99. The van der Waals surface area contributed by atoms with Crippen LogP contribution in [0, 0.1) is 6.92 Å². The highest BCUT2D eigenvalue weighted by molar-refractivity contribution is 5.98. The Bertz CT molecular complexity index is 532. The van der Waals surface area contributed by atoms with Crippen molar-refractivity contribution in [1.29, 1.82) is 0 Å². The van der Waals surface area contributed by atoms with Crippen molar-refractivity contribution in [1.82, 2.24) is 5.32 Å². The van der Waals surface area contributed by atoms with Crippen LogP contribution in [0.4, 0.5) is 23.2 Å². The van der Waals surface area contributed by atoms with E-state index in [0.717, 1.165) is 0 Å². The number of alkyl halides is 4. The molecule has 110 valence electrons. The average Bonchev–Trinajstić information content (AvgIpc) is 2.39. The maximum Gasteiger partial charge on any atom is 0.383 e. The van der Waals surface area contributed by atoms with Crippen LogP contribution < -0.4 is 10.6 Å². The van der Waals surface area contributed by atoms with Crippen LogP contribution in [0.15, 0.2) is 18.2 Å². The summed E-state index contributed by atoms with van der Waals surface area (Å²) in [6.45, 7) is 1.45. The second-order valence-electron chi connectivity index (χ2n) is 3.99. The molecule has 1 rings (SSSR count). The summed E-state index contributed by atoms with van der Waals surface area (Å²) >= 11 is 0. The van der Waals surface area contributed by atoms with Gasteiger partial charge in [-0.1, -0.05) is 0 Å². The van der Waals surface area contributed by atoms with Crippen LogP contribution in [-0.2, 0) is 4.79 Å². The molecule has 4 nitrogen and oxygen atoms in total. The van der Waals surface area contributed by atoms with Crippen LogP contribution in [-0.4, -0.2) is 31.2 Å². The molecule has 0 saturated heterocycles. The molecule has 0 saturated carbocycles. The summed E-state index contributed by atoms with van der Waals surface area (Å²) in [5.41, 5.74) is 0.483. The molecular weight excluding hydrogens is 280 g/mol. The molecule has 2 amide bonds. The van der Waals surface area contributed by atoms with Gasteiger partial charge in [-0.3, -0.25) is 9.59 Å². The van der Waals surface area contributed by atoms with Gasteiger partial charge < -0.3 is 10.6 Å². The lowest BCUT2D eigenvalue weighted by atomic mass is 10.1. The van der Waals surface area contributed by atoms with Gasteiger partial charge in [-0.25, -0.2) is 8.78 Å². The van der Waals surface area contributed by atoms with Crippen molar-refractivity contribution in [3.05, 3.63) is 29.3 Å². The predicted molar refractivity (Wildman–Crippen MR) is 64.1 cm³/mol. The first-order chi connectivity index (χ1) is 9.20. The summed E-state index contributed by atoms with van der Waals surface area (Å²) in [5, 5.41) is 4.08. The number of rotatable bonds is 4. The molecule has 0 unspecified atom stereocenters. The maximum atomic E-state index is 12.8. The zero-order chi connectivity index (χ0) is 15.5. The molecular formula is C12H12F4N2O2. The van der Waals surface area contributed by atoms with Gasteiger partial charge in [0.1, 0.15) is 0 Å². The Kier molecular flexibility index (Phi) is 4.69. The molecule has 0 radical (unpaired) electrons. The molecule has 0 bridgehead atoms. The van der Waals surface area contributed by atoms with Crippen molar-refractivity contribution in [2.75, 3.05) is 12.4 Å². The lowest BCUT2D eigenvalue weighted by molar-refractivity contribution is -0.163. The second kappa shape index (κ2) is 5.89. The highest BCUT2D eigenvalue weighted by Gasteiger charge is 2.49. The van der Waals surface area contributed by atoms with Crippen molar-refractivity contribution in [3.8, 4) is 0 Å². The third-order valence-electron chi connectivity index (χ3n) is 2.54. The minimum atomic E-state index is -4.77. The van der Waals surface area contributed by atoms with Gasteiger partial charge in [0, 0.05) is 18.3 Å². The van der Waals surface area contributed by atoms with Crippen LogP contribution in [0.5, 0.6) is 0 Å². The number of nitrogens with one attached hydrogen (secondary N) is 2. The zero-order valence-electron chi connectivity index (χ0n) is 10.6. The smallest absolute Gasteiger partial charge is 0.355 e. The molecule has 1 aromatic rings. The summed E-state index contributed by atoms with van der Waals surface area (Å²) in [4.78, 5) is 22.4. The first kappa shape index (κ1) is 15.9. The normalized spacial score (nSPS) is 11.3. The van der Waals surface area contributed by atoms with Gasteiger partial charge in [0.05, 0.1) is 0 Å². The number of carbonyl (C=O) groups excluding carboxylic acids is 2. The van der Waals surface area contributed by atoms with Crippen LogP contribution in [0.2, 0.25) is 0 Å². The van der Waals surface area contributed by atoms with Crippen molar-refractivity contribution in [2.45, 2.75) is 19.3 Å². The summed E-state index contributed by atoms with van der Waals surface area (Å²) < 4.78 is 49.6. The molecule has 0 aromatic heterocycles.